The van der Waals surface area contributed by atoms with Crippen LogP contribution in [0.1, 0.15) is 17.0 Å². The number of nitrogens with zero attached hydrogens (tertiary/aromatic N) is 1. The van der Waals surface area contributed by atoms with Gasteiger partial charge in [-0.05, 0) is 17.2 Å². The van der Waals surface area contributed by atoms with Gasteiger partial charge in [0.25, 0.3) is 0 Å². The second kappa shape index (κ2) is 7.16. The monoisotopic (exact) mass is 334 g/mol. The Hall–Kier alpha value is -1.52. The minimum atomic E-state index is -0.346. The molecule has 5 heteroatoms. The van der Waals surface area contributed by atoms with Crippen LogP contribution in [0, 0.1) is 5.82 Å². The topological polar surface area (TPSA) is 24.4 Å². The van der Waals surface area contributed by atoms with E-state index in [0.29, 0.717) is 12.1 Å². The van der Waals surface area contributed by atoms with E-state index in [4.69, 9.17) is 11.6 Å². The predicted molar refractivity (Wildman–Crippen MR) is 92.5 cm³/mol. The van der Waals surface area contributed by atoms with Gasteiger partial charge in [-0.15, -0.1) is 0 Å². The summed E-state index contributed by atoms with van der Waals surface area (Å²) in [7, 11) is 0. The molecule has 1 N–H and O–H groups in total. The Morgan fingerprint density at radius 1 is 1.18 bits per heavy atom. The smallest absolute Gasteiger partial charge is 0.156 e. The minimum Gasteiger partial charge on any atom is -0.364 e. The molecular formula is C17H16ClFN2S. The van der Waals surface area contributed by atoms with Crippen LogP contribution >= 0.6 is 23.4 Å². The first-order chi connectivity index (χ1) is 10.8. The van der Waals surface area contributed by atoms with Crippen LogP contribution in [-0.2, 0) is 0 Å². The maximum absolute atomic E-state index is 14.4. The summed E-state index contributed by atoms with van der Waals surface area (Å²) in [6.07, 6.45) is 0. The van der Waals surface area contributed by atoms with Crippen molar-refractivity contribution in [2.24, 2.45) is 4.99 Å². The molecule has 0 bridgehead atoms. The fraction of sp³-hybridized carbons (Fsp3) is 0.235. The van der Waals surface area contributed by atoms with E-state index in [9.17, 15) is 4.39 Å². The fourth-order valence-corrected chi connectivity index (χ4v) is 3.44. The van der Waals surface area contributed by atoms with Gasteiger partial charge in [0.15, 0.2) is 5.17 Å². The second-order valence-electron chi connectivity index (χ2n) is 5.02. The zero-order valence-corrected chi connectivity index (χ0v) is 13.5. The van der Waals surface area contributed by atoms with Gasteiger partial charge in [-0.1, -0.05) is 65.8 Å². The van der Waals surface area contributed by atoms with Crippen LogP contribution in [0.4, 0.5) is 4.39 Å². The summed E-state index contributed by atoms with van der Waals surface area (Å²) in [5.74, 6) is 0.550. The summed E-state index contributed by atoms with van der Waals surface area (Å²) < 4.78 is 14.4. The number of amidine groups is 1. The largest absolute Gasteiger partial charge is 0.364 e. The van der Waals surface area contributed by atoms with Crippen molar-refractivity contribution >= 4 is 28.5 Å². The minimum absolute atomic E-state index is 0.108. The van der Waals surface area contributed by atoms with Crippen molar-refractivity contribution in [2.45, 2.75) is 5.92 Å². The average Bonchev–Trinajstić information content (AvgIpc) is 3.06. The Bertz CT molecular complexity index is 676. The van der Waals surface area contributed by atoms with Crippen molar-refractivity contribution in [3.05, 3.63) is 70.5 Å². The maximum atomic E-state index is 14.4. The molecule has 1 aliphatic rings. The highest BCUT2D eigenvalue weighted by Crippen LogP contribution is 2.29. The van der Waals surface area contributed by atoms with Crippen molar-refractivity contribution in [1.29, 1.82) is 0 Å². The summed E-state index contributed by atoms with van der Waals surface area (Å²) in [4.78, 5) is 4.38. The lowest BCUT2D eigenvalue weighted by Crippen LogP contribution is -2.26. The molecule has 114 valence electrons. The van der Waals surface area contributed by atoms with E-state index in [1.165, 1.54) is 0 Å². The normalized spacial score (nSPS) is 15.5. The van der Waals surface area contributed by atoms with Gasteiger partial charge in [0.05, 0.1) is 11.6 Å². The number of thioether (sulfide) groups is 1. The molecule has 0 spiro atoms. The second-order valence-corrected chi connectivity index (χ2v) is 6.51. The number of rotatable bonds is 4. The van der Waals surface area contributed by atoms with Crippen LogP contribution in [-0.4, -0.2) is 24.0 Å². The molecular weight excluding hydrogens is 319 g/mol. The van der Waals surface area contributed by atoms with E-state index in [-0.39, 0.29) is 16.8 Å². The van der Waals surface area contributed by atoms with E-state index < -0.39 is 0 Å². The van der Waals surface area contributed by atoms with Crippen molar-refractivity contribution in [3.63, 3.8) is 0 Å². The highest BCUT2D eigenvalue weighted by atomic mass is 35.5. The first-order valence-electron chi connectivity index (χ1n) is 7.15. The molecule has 1 unspecified atom stereocenters. The maximum Gasteiger partial charge on any atom is 0.156 e. The number of benzene rings is 2. The molecule has 3 rings (SSSR count). The number of aliphatic imine (C=N–C) groups is 1. The van der Waals surface area contributed by atoms with Crippen molar-refractivity contribution < 1.29 is 4.39 Å². The quantitative estimate of drug-likeness (QED) is 0.901. The molecule has 1 atom stereocenters. The molecule has 0 saturated carbocycles. The average molecular weight is 335 g/mol. The molecule has 0 radical (unpaired) electrons. The number of nitrogens with one attached hydrogen (secondary N) is 1. The van der Waals surface area contributed by atoms with E-state index >= 15 is 0 Å². The van der Waals surface area contributed by atoms with E-state index in [1.807, 2.05) is 30.3 Å². The van der Waals surface area contributed by atoms with Gasteiger partial charge >= 0.3 is 0 Å². The molecule has 2 aromatic carbocycles. The summed E-state index contributed by atoms with van der Waals surface area (Å²) >= 11 is 7.65. The third kappa shape index (κ3) is 3.45. The summed E-state index contributed by atoms with van der Waals surface area (Å²) in [6, 6.07) is 15.1. The predicted octanol–water partition coefficient (Wildman–Crippen LogP) is 4.30. The molecule has 22 heavy (non-hydrogen) atoms. The Labute approximate surface area is 138 Å². The van der Waals surface area contributed by atoms with Gasteiger partial charge in [-0.3, -0.25) is 4.99 Å². The lowest BCUT2D eigenvalue weighted by molar-refractivity contribution is 0.593. The molecule has 0 amide bonds. The molecule has 2 nitrogen and oxygen atoms in total. The van der Waals surface area contributed by atoms with Gasteiger partial charge in [-0.2, -0.15) is 0 Å². The molecule has 0 aliphatic carbocycles. The fourth-order valence-electron chi connectivity index (χ4n) is 2.51. The lowest BCUT2D eigenvalue weighted by Gasteiger charge is -2.20. The number of halogens is 2. The molecule has 0 saturated heterocycles. The number of hydrogen-bond donors (Lipinski definition) is 1. The zero-order valence-electron chi connectivity index (χ0n) is 11.9. The van der Waals surface area contributed by atoms with Crippen molar-refractivity contribution in [3.8, 4) is 0 Å². The standard InChI is InChI=1S/C17H16ClFN2S/c18-15-8-4-7-13(16(15)19)14(12-5-2-1-3-6-12)11-21-17-20-9-10-22-17/h1-8,14H,9-11H2,(H,20,21). The summed E-state index contributed by atoms with van der Waals surface area (Å²) in [5, 5.41) is 4.42. The van der Waals surface area contributed by atoms with E-state index in [1.54, 1.807) is 30.0 Å². The van der Waals surface area contributed by atoms with Gasteiger partial charge in [-0.25, -0.2) is 4.39 Å². The van der Waals surface area contributed by atoms with Gasteiger partial charge in [0, 0.05) is 18.2 Å². The van der Waals surface area contributed by atoms with Crippen molar-refractivity contribution in [2.75, 3.05) is 18.8 Å². The van der Waals surface area contributed by atoms with Crippen LogP contribution in [0.3, 0.4) is 0 Å². The third-order valence-corrected chi connectivity index (χ3v) is 4.83. The zero-order chi connectivity index (χ0) is 15.4. The highest BCUT2D eigenvalue weighted by Gasteiger charge is 2.20. The Balaban J connectivity index is 1.90. The van der Waals surface area contributed by atoms with E-state index in [0.717, 1.165) is 23.0 Å². The summed E-state index contributed by atoms with van der Waals surface area (Å²) in [6.45, 7) is 1.43. The highest BCUT2D eigenvalue weighted by molar-refractivity contribution is 8.14. The van der Waals surface area contributed by atoms with Crippen molar-refractivity contribution in [1.82, 2.24) is 5.32 Å². The Morgan fingerprint density at radius 2 is 2.00 bits per heavy atom. The van der Waals surface area contributed by atoms with Crippen LogP contribution in [0.2, 0.25) is 5.02 Å². The molecule has 0 fully saturated rings. The van der Waals surface area contributed by atoms with Gasteiger partial charge in [0.1, 0.15) is 5.82 Å². The molecule has 1 heterocycles. The molecule has 1 aliphatic heterocycles. The SMILES string of the molecule is Fc1c(Cl)cccc1C(CNC1=NCCS1)c1ccccc1. The summed E-state index contributed by atoms with van der Waals surface area (Å²) in [5.41, 5.74) is 1.66. The molecule has 0 aromatic heterocycles. The first-order valence-corrected chi connectivity index (χ1v) is 8.52. The first kappa shape index (κ1) is 15.4. The van der Waals surface area contributed by atoms with Crippen LogP contribution < -0.4 is 5.32 Å². The van der Waals surface area contributed by atoms with Gasteiger partial charge < -0.3 is 5.32 Å². The van der Waals surface area contributed by atoms with Gasteiger partial charge in [0.2, 0.25) is 0 Å². The van der Waals surface area contributed by atoms with Crippen LogP contribution in [0.5, 0.6) is 0 Å². The lowest BCUT2D eigenvalue weighted by atomic mass is 9.91. The molecule has 2 aromatic rings. The van der Waals surface area contributed by atoms with Crippen LogP contribution in [0.15, 0.2) is 53.5 Å². The Kier molecular flexibility index (Phi) is 5.01. The number of hydrogen-bond acceptors (Lipinski definition) is 3. The Morgan fingerprint density at radius 3 is 2.73 bits per heavy atom. The third-order valence-electron chi connectivity index (χ3n) is 3.60. The van der Waals surface area contributed by atoms with Crippen LogP contribution in [0.25, 0.3) is 0 Å². The van der Waals surface area contributed by atoms with E-state index in [2.05, 4.69) is 10.3 Å².